The largest absolute Gasteiger partial charge is 0.379 e. The topological polar surface area (TPSA) is 107 Å². The van der Waals surface area contributed by atoms with Crippen molar-refractivity contribution in [3.8, 4) is 0 Å². The molecule has 2 saturated heterocycles. The number of ether oxygens (including phenoxy) is 1. The first kappa shape index (κ1) is 28.6. The first-order valence-electron chi connectivity index (χ1n) is 14.1. The number of nitrogens with one attached hydrogen (secondary N) is 1. The second-order valence-electron chi connectivity index (χ2n) is 10.2. The molecule has 4 amide bonds. The van der Waals surface area contributed by atoms with Gasteiger partial charge in [-0.05, 0) is 31.4 Å². The summed E-state index contributed by atoms with van der Waals surface area (Å²) >= 11 is 0. The smallest absolute Gasteiger partial charge is 0.329 e. The molecule has 1 N–H and O–H groups in total. The Hall–Kier alpha value is -3.37. The number of benzene rings is 1. The Morgan fingerprint density at radius 1 is 1.05 bits per heavy atom. The van der Waals surface area contributed by atoms with Crippen molar-refractivity contribution in [3.05, 3.63) is 41.5 Å². The number of hydrogen-bond acceptors (Lipinski definition) is 7. The SMILES string of the molecule is CCCCN1C(=O)C2=NC(c3ccc(/C=C/C(=O)NCCN4CCOCC4)cc3)=NC2(C)N(CCCC)C1=O. The molecule has 0 radical (unpaired) electrons. The second kappa shape index (κ2) is 13.1. The summed E-state index contributed by atoms with van der Waals surface area (Å²) in [5.41, 5.74) is 0.792. The van der Waals surface area contributed by atoms with Crippen LogP contribution >= 0.6 is 0 Å². The van der Waals surface area contributed by atoms with Crippen LogP contribution < -0.4 is 5.32 Å². The highest BCUT2D eigenvalue weighted by atomic mass is 16.5. The number of nitrogens with zero attached hydrogens (tertiary/aromatic N) is 5. The number of aliphatic imine (C=N–C) groups is 2. The highest BCUT2D eigenvalue weighted by Gasteiger charge is 2.54. The maximum atomic E-state index is 13.3. The standard InChI is InChI=1S/C29H40N6O4/c1-4-6-15-34-27(37)25-29(3,35(28(34)38)16-7-5-2)32-26(31-25)23-11-8-22(9-12-23)10-13-24(36)30-14-17-33-18-20-39-21-19-33/h8-13H,4-7,14-21H2,1-3H3,(H,30,36)/b13-10+. The minimum Gasteiger partial charge on any atom is -0.379 e. The zero-order chi connectivity index (χ0) is 27.8. The van der Waals surface area contributed by atoms with Gasteiger partial charge < -0.3 is 10.1 Å². The van der Waals surface area contributed by atoms with Crippen molar-refractivity contribution in [2.75, 3.05) is 52.5 Å². The van der Waals surface area contributed by atoms with E-state index in [1.165, 1.54) is 11.0 Å². The minimum absolute atomic E-state index is 0.140. The monoisotopic (exact) mass is 536 g/mol. The fourth-order valence-corrected chi connectivity index (χ4v) is 4.89. The number of amides is 4. The zero-order valence-electron chi connectivity index (χ0n) is 23.3. The summed E-state index contributed by atoms with van der Waals surface area (Å²) in [6.45, 7) is 11.5. The van der Waals surface area contributed by atoms with Crippen molar-refractivity contribution < 1.29 is 19.1 Å². The van der Waals surface area contributed by atoms with Gasteiger partial charge in [0, 0.05) is 50.9 Å². The summed E-state index contributed by atoms with van der Waals surface area (Å²) in [5, 5.41) is 2.92. The number of imide groups is 1. The molecule has 3 heterocycles. The molecule has 2 fully saturated rings. The molecule has 10 nitrogen and oxygen atoms in total. The fraction of sp³-hybridized carbons (Fsp3) is 0.552. The normalized spacial score (nSPS) is 21.8. The lowest BCUT2D eigenvalue weighted by Crippen LogP contribution is -2.67. The van der Waals surface area contributed by atoms with E-state index in [0.29, 0.717) is 31.2 Å². The first-order chi connectivity index (χ1) is 18.9. The van der Waals surface area contributed by atoms with E-state index in [1.807, 2.05) is 31.2 Å². The number of fused-ring (bicyclic) bond motifs is 1. The third-order valence-corrected chi connectivity index (χ3v) is 7.32. The fourth-order valence-electron chi connectivity index (χ4n) is 4.89. The molecule has 1 aromatic carbocycles. The van der Waals surface area contributed by atoms with Crippen molar-refractivity contribution in [1.82, 2.24) is 20.0 Å². The van der Waals surface area contributed by atoms with Gasteiger partial charge in [-0.3, -0.25) is 24.3 Å². The molecule has 39 heavy (non-hydrogen) atoms. The van der Waals surface area contributed by atoms with Crippen molar-refractivity contribution in [2.24, 2.45) is 9.98 Å². The lowest BCUT2D eigenvalue weighted by atomic mass is 10.00. The van der Waals surface area contributed by atoms with Crippen LogP contribution in [0.15, 0.2) is 40.3 Å². The Labute approximate surface area is 230 Å². The summed E-state index contributed by atoms with van der Waals surface area (Å²) in [6, 6.07) is 7.22. The Morgan fingerprint density at radius 3 is 2.44 bits per heavy atom. The number of carbonyl (C=O) groups is 3. The van der Waals surface area contributed by atoms with Crippen LogP contribution in [0.1, 0.15) is 57.6 Å². The Kier molecular flexibility index (Phi) is 9.63. The van der Waals surface area contributed by atoms with Crippen LogP contribution in [0.5, 0.6) is 0 Å². The van der Waals surface area contributed by atoms with Crippen molar-refractivity contribution in [2.45, 2.75) is 52.1 Å². The quantitative estimate of drug-likeness (QED) is 0.414. The maximum absolute atomic E-state index is 13.3. The molecular formula is C29H40N6O4. The van der Waals surface area contributed by atoms with Gasteiger partial charge in [0.15, 0.2) is 17.2 Å². The molecule has 0 saturated carbocycles. The summed E-state index contributed by atoms with van der Waals surface area (Å²) in [5.74, 6) is -0.0654. The van der Waals surface area contributed by atoms with E-state index >= 15 is 0 Å². The van der Waals surface area contributed by atoms with Gasteiger partial charge >= 0.3 is 6.03 Å². The van der Waals surface area contributed by atoms with Gasteiger partial charge in [0.1, 0.15) is 0 Å². The van der Waals surface area contributed by atoms with Crippen LogP contribution in [-0.4, -0.2) is 102 Å². The molecule has 10 heteroatoms. The lowest BCUT2D eigenvalue weighted by molar-refractivity contribution is -0.124. The van der Waals surface area contributed by atoms with Gasteiger partial charge in [0.05, 0.1) is 13.2 Å². The highest BCUT2D eigenvalue weighted by molar-refractivity contribution is 6.49. The Morgan fingerprint density at radius 2 is 1.74 bits per heavy atom. The zero-order valence-corrected chi connectivity index (χ0v) is 23.3. The van der Waals surface area contributed by atoms with E-state index in [0.717, 1.165) is 69.7 Å². The second-order valence-corrected chi connectivity index (χ2v) is 10.2. The Bertz CT molecular complexity index is 1140. The molecule has 0 spiro atoms. The van der Waals surface area contributed by atoms with Crippen molar-refractivity contribution in [3.63, 3.8) is 0 Å². The minimum atomic E-state index is -1.11. The number of unbranched alkanes of at least 4 members (excludes halogenated alkanes) is 2. The molecule has 3 aliphatic heterocycles. The van der Waals surface area contributed by atoms with Gasteiger partial charge in [-0.2, -0.15) is 0 Å². The van der Waals surface area contributed by atoms with Gasteiger partial charge in [0.25, 0.3) is 5.91 Å². The predicted octanol–water partition coefficient (Wildman–Crippen LogP) is 2.93. The van der Waals surface area contributed by atoms with E-state index < -0.39 is 5.66 Å². The third-order valence-electron chi connectivity index (χ3n) is 7.32. The van der Waals surface area contributed by atoms with E-state index in [9.17, 15) is 14.4 Å². The Balaban J connectivity index is 1.43. The van der Waals surface area contributed by atoms with Crippen LogP contribution in [0.2, 0.25) is 0 Å². The first-order valence-corrected chi connectivity index (χ1v) is 14.1. The molecular weight excluding hydrogens is 496 g/mol. The number of amidine groups is 1. The van der Waals surface area contributed by atoms with Gasteiger partial charge in [-0.25, -0.2) is 14.8 Å². The number of urea groups is 1. The molecule has 0 bridgehead atoms. The third kappa shape index (κ3) is 6.62. The van der Waals surface area contributed by atoms with Crippen LogP contribution in [0, 0.1) is 0 Å². The molecule has 4 rings (SSSR count). The van der Waals surface area contributed by atoms with E-state index in [4.69, 9.17) is 9.73 Å². The number of morpholine rings is 1. The average Bonchev–Trinajstić information content (AvgIpc) is 3.31. The molecule has 1 atom stereocenters. The molecule has 0 aromatic heterocycles. The summed E-state index contributed by atoms with van der Waals surface area (Å²) in [4.78, 5) is 53.6. The van der Waals surface area contributed by atoms with Gasteiger partial charge in [-0.15, -0.1) is 0 Å². The van der Waals surface area contributed by atoms with Crippen LogP contribution in [0.4, 0.5) is 4.79 Å². The molecule has 3 aliphatic rings. The molecule has 1 aromatic rings. The predicted molar refractivity (Wildman–Crippen MR) is 152 cm³/mol. The van der Waals surface area contributed by atoms with Crippen LogP contribution in [0.3, 0.4) is 0 Å². The summed E-state index contributed by atoms with van der Waals surface area (Å²) in [6.07, 6.45) is 6.66. The van der Waals surface area contributed by atoms with E-state index in [-0.39, 0.29) is 17.8 Å². The number of carbonyl (C=O) groups excluding carboxylic acids is 3. The van der Waals surface area contributed by atoms with Crippen molar-refractivity contribution >= 4 is 35.5 Å². The highest BCUT2D eigenvalue weighted by Crippen LogP contribution is 2.33. The summed E-state index contributed by atoms with van der Waals surface area (Å²) < 4.78 is 5.34. The van der Waals surface area contributed by atoms with Crippen LogP contribution in [0.25, 0.3) is 6.08 Å². The van der Waals surface area contributed by atoms with E-state index in [1.54, 1.807) is 17.9 Å². The van der Waals surface area contributed by atoms with E-state index in [2.05, 4.69) is 22.1 Å². The number of hydrogen-bond donors (Lipinski definition) is 1. The summed E-state index contributed by atoms with van der Waals surface area (Å²) in [7, 11) is 0. The molecule has 1 unspecified atom stereocenters. The van der Waals surface area contributed by atoms with Crippen LogP contribution in [-0.2, 0) is 14.3 Å². The average molecular weight is 537 g/mol. The van der Waals surface area contributed by atoms with Crippen molar-refractivity contribution in [1.29, 1.82) is 0 Å². The van der Waals surface area contributed by atoms with Gasteiger partial charge in [-0.1, -0.05) is 51.0 Å². The molecule has 210 valence electrons. The number of rotatable bonds is 12. The van der Waals surface area contributed by atoms with Gasteiger partial charge in [0.2, 0.25) is 5.91 Å². The maximum Gasteiger partial charge on any atom is 0.329 e. The molecule has 0 aliphatic carbocycles. The lowest BCUT2D eigenvalue weighted by Gasteiger charge is -2.43.